The molecular formula is C13H19BrOS. The van der Waals surface area contributed by atoms with E-state index in [1.54, 1.807) is 11.3 Å². The molecule has 2 atom stereocenters. The van der Waals surface area contributed by atoms with Crippen molar-refractivity contribution in [3.63, 3.8) is 0 Å². The average Bonchev–Trinajstić information content (AvgIpc) is 2.56. The molecule has 0 aliphatic heterocycles. The van der Waals surface area contributed by atoms with Crippen molar-refractivity contribution in [2.24, 2.45) is 5.41 Å². The van der Waals surface area contributed by atoms with Crippen molar-refractivity contribution in [2.45, 2.75) is 52.1 Å². The maximum absolute atomic E-state index is 10.1. The summed E-state index contributed by atoms with van der Waals surface area (Å²) < 4.78 is 1.21. The van der Waals surface area contributed by atoms with E-state index in [4.69, 9.17) is 0 Å². The molecule has 16 heavy (non-hydrogen) atoms. The second-order valence-corrected chi connectivity index (χ2v) is 7.44. The van der Waals surface area contributed by atoms with E-state index < -0.39 is 0 Å². The lowest BCUT2D eigenvalue weighted by Gasteiger charge is -2.53. The van der Waals surface area contributed by atoms with Gasteiger partial charge in [-0.15, -0.1) is 11.3 Å². The second kappa shape index (κ2) is 4.43. The van der Waals surface area contributed by atoms with E-state index in [1.807, 2.05) is 0 Å². The second-order valence-electron chi connectivity index (χ2n) is 4.81. The molecule has 2 rings (SSSR count). The average molecular weight is 303 g/mol. The Morgan fingerprint density at radius 1 is 1.50 bits per heavy atom. The third kappa shape index (κ3) is 1.68. The Hall–Kier alpha value is 0.140. The number of thiophene rings is 1. The van der Waals surface area contributed by atoms with Crippen molar-refractivity contribution in [2.75, 3.05) is 0 Å². The number of aliphatic hydroxyl groups excluding tert-OH is 1. The van der Waals surface area contributed by atoms with Crippen LogP contribution in [0.15, 0.2) is 9.85 Å². The molecule has 1 nitrogen and oxygen atoms in total. The molecule has 1 aliphatic rings. The van der Waals surface area contributed by atoms with Gasteiger partial charge >= 0.3 is 0 Å². The standard InChI is InChI=1S/C13H19BrOS/c1-4-13(5-2)10(7-11(13)15)9-6-12(14)16-8(9)3/h6,10-11,15H,4-5,7H2,1-3H3. The Bertz CT molecular complexity index is 381. The first-order valence-electron chi connectivity index (χ1n) is 5.99. The number of hydrogen-bond donors (Lipinski definition) is 1. The Morgan fingerprint density at radius 2 is 2.12 bits per heavy atom. The maximum atomic E-state index is 10.1. The number of rotatable bonds is 3. The summed E-state index contributed by atoms with van der Waals surface area (Å²) >= 11 is 5.36. The number of halogens is 1. The minimum absolute atomic E-state index is 0.106. The quantitative estimate of drug-likeness (QED) is 0.873. The van der Waals surface area contributed by atoms with Crippen LogP contribution in [0, 0.1) is 12.3 Å². The van der Waals surface area contributed by atoms with Crippen molar-refractivity contribution in [1.29, 1.82) is 0 Å². The molecule has 0 bridgehead atoms. The molecule has 1 fully saturated rings. The lowest BCUT2D eigenvalue weighted by Crippen LogP contribution is -2.50. The lowest BCUT2D eigenvalue weighted by atomic mass is 9.53. The van der Waals surface area contributed by atoms with Gasteiger partial charge < -0.3 is 5.11 Å². The molecule has 3 heteroatoms. The minimum atomic E-state index is -0.106. The molecule has 0 aromatic carbocycles. The summed E-state index contributed by atoms with van der Waals surface area (Å²) in [7, 11) is 0. The van der Waals surface area contributed by atoms with E-state index >= 15 is 0 Å². The largest absolute Gasteiger partial charge is 0.393 e. The first-order valence-corrected chi connectivity index (χ1v) is 7.60. The normalized spacial score (nSPS) is 27.8. The first kappa shape index (κ1) is 12.6. The molecule has 1 heterocycles. The van der Waals surface area contributed by atoms with Crippen LogP contribution in [0.4, 0.5) is 0 Å². The van der Waals surface area contributed by atoms with Gasteiger partial charge in [0.2, 0.25) is 0 Å². The van der Waals surface area contributed by atoms with Gasteiger partial charge in [-0.1, -0.05) is 13.8 Å². The van der Waals surface area contributed by atoms with Gasteiger partial charge in [0, 0.05) is 10.3 Å². The molecule has 0 saturated heterocycles. The van der Waals surface area contributed by atoms with Crippen LogP contribution < -0.4 is 0 Å². The van der Waals surface area contributed by atoms with Gasteiger partial charge in [-0.2, -0.15) is 0 Å². The number of aryl methyl sites for hydroxylation is 1. The Kier molecular flexibility index (Phi) is 3.49. The van der Waals surface area contributed by atoms with Crippen LogP contribution in [-0.2, 0) is 0 Å². The van der Waals surface area contributed by atoms with Crippen LogP contribution in [-0.4, -0.2) is 11.2 Å². The van der Waals surface area contributed by atoms with Gasteiger partial charge in [-0.25, -0.2) is 0 Å². The molecule has 1 aromatic rings. The molecule has 1 saturated carbocycles. The molecule has 90 valence electrons. The van der Waals surface area contributed by atoms with E-state index in [-0.39, 0.29) is 11.5 Å². The SMILES string of the molecule is CCC1(CC)C(O)CC1c1cc(Br)sc1C. The highest BCUT2D eigenvalue weighted by molar-refractivity contribution is 9.11. The Balaban J connectivity index is 2.32. The molecule has 2 unspecified atom stereocenters. The van der Waals surface area contributed by atoms with Crippen molar-refractivity contribution in [1.82, 2.24) is 0 Å². The van der Waals surface area contributed by atoms with Crippen LogP contribution in [0.3, 0.4) is 0 Å². The molecule has 0 radical (unpaired) electrons. The molecule has 1 aliphatic carbocycles. The van der Waals surface area contributed by atoms with Crippen molar-refractivity contribution in [3.05, 3.63) is 20.3 Å². The van der Waals surface area contributed by atoms with Crippen molar-refractivity contribution >= 4 is 27.3 Å². The molecule has 0 spiro atoms. The van der Waals surface area contributed by atoms with E-state index in [1.165, 1.54) is 14.2 Å². The van der Waals surface area contributed by atoms with Crippen LogP contribution in [0.5, 0.6) is 0 Å². The fraction of sp³-hybridized carbons (Fsp3) is 0.692. The Labute approximate surface area is 110 Å². The zero-order valence-electron chi connectivity index (χ0n) is 10.1. The van der Waals surface area contributed by atoms with Gasteiger partial charge in [-0.05, 0) is 59.7 Å². The zero-order valence-corrected chi connectivity index (χ0v) is 12.5. The van der Waals surface area contributed by atoms with Crippen LogP contribution in [0.2, 0.25) is 0 Å². The van der Waals surface area contributed by atoms with E-state index in [0.717, 1.165) is 19.3 Å². The summed E-state index contributed by atoms with van der Waals surface area (Å²) in [6.07, 6.45) is 2.97. The third-order valence-corrected chi connectivity index (χ3v) is 6.00. The predicted molar refractivity (Wildman–Crippen MR) is 73.1 cm³/mol. The van der Waals surface area contributed by atoms with E-state index in [2.05, 4.69) is 42.8 Å². The van der Waals surface area contributed by atoms with Crippen molar-refractivity contribution in [3.8, 4) is 0 Å². The summed E-state index contributed by atoms with van der Waals surface area (Å²) in [5, 5.41) is 10.1. The summed E-state index contributed by atoms with van der Waals surface area (Å²) in [6.45, 7) is 6.59. The molecule has 1 N–H and O–H groups in total. The predicted octanol–water partition coefficient (Wildman–Crippen LogP) is 4.47. The van der Waals surface area contributed by atoms with E-state index in [0.29, 0.717) is 5.92 Å². The third-order valence-electron chi connectivity index (χ3n) is 4.43. The first-order chi connectivity index (χ1) is 7.55. The summed E-state index contributed by atoms with van der Waals surface area (Å²) in [6, 6.07) is 2.25. The maximum Gasteiger partial charge on any atom is 0.0704 e. The van der Waals surface area contributed by atoms with Gasteiger partial charge in [0.15, 0.2) is 0 Å². The van der Waals surface area contributed by atoms with Crippen LogP contribution in [0.25, 0.3) is 0 Å². The van der Waals surface area contributed by atoms with Crippen LogP contribution >= 0.6 is 27.3 Å². The molecule has 1 aromatic heterocycles. The smallest absolute Gasteiger partial charge is 0.0704 e. The lowest BCUT2D eigenvalue weighted by molar-refractivity contribution is -0.0932. The summed E-state index contributed by atoms with van der Waals surface area (Å²) in [4.78, 5) is 1.40. The zero-order chi connectivity index (χ0) is 11.9. The summed E-state index contributed by atoms with van der Waals surface area (Å²) in [5.41, 5.74) is 1.58. The van der Waals surface area contributed by atoms with Gasteiger partial charge in [0.25, 0.3) is 0 Å². The summed E-state index contributed by atoms with van der Waals surface area (Å²) in [5.74, 6) is 0.556. The Morgan fingerprint density at radius 3 is 2.50 bits per heavy atom. The van der Waals surface area contributed by atoms with Gasteiger partial charge in [0.05, 0.1) is 9.89 Å². The highest BCUT2D eigenvalue weighted by Gasteiger charge is 2.52. The van der Waals surface area contributed by atoms with Gasteiger partial charge in [-0.3, -0.25) is 0 Å². The minimum Gasteiger partial charge on any atom is -0.393 e. The fourth-order valence-electron chi connectivity index (χ4n) is 3.22. The van der Waals surface area contributed by atoms with E-state index in [9.17, 15) is 5.11 Å². The molecule has 0 amide bonds. The van der Waals surface area contributed by atoms with Crippen molar-refractivity contribution < 1.29 is 5.11 Å². The van der Waals surface area contributed by atoms with Gasteiger partial charge in [0.1, 0.15) is 0 Å². The topological polar surface area (TPSA) is 20.2 Å². The fourth-order valence-corrected chi connectivity index (χ4v) is 4.99. The monoisotopic (exact) mass is 302 g/mol. The number of hydrogen-bond acceptors (Lipinski definition) is 2. The molecular weight excluding hydrogens is 284 g/mol. The number of aliphatic hydroxyl groups is 1. The highest BCUT2D eigenvalue weighted by atomic mass is 79.9. The van der Waals surface area contributed by atoms with Crippen LogP contribution in [0.1, 0.15) is 49.5 Å². The highest BCUT2D eigenvalue weighted by Crippen LogP contribution is 2.58.